The van der Waals surface area contributed by atoms with Gasteiger partial charge < -0.3 is 14.2 Å². The SMILES string of the molecule is ClC(Cl)OC(COCc1ccccc1)COCc1ccccc1. The number of alkyl halides is 2. The Morgan fingerprint density at radius 1 is 0.696 bits per heavy atom. The van der Waals surface area contributed by atoms with Gasteiger partial charge in [0.2, 0.25) is 5.02 Å². The Labute approximate surface area is 147 Å². The van der Waals surface area contributed by atoms with Crippen LogP contribution in [0.4, 0.5) is 0 Å². The molecular weight excluding hydrogens is 335 g/mol. The van der Waals surface area contributed by atoms with Gasteiger partial charge in [0.1, 0.15) is 6.10 Å². The summed E-state index contributed by atoms with van der Waals surface area (Å²) in [7, 11) is 0. The molecule has 0 saturated heterocycles. The second-order valence-corrected chi connectivity index (χ2v) is 6.04. The Balaban J connectivity index is 1.72. The Morgan fingerprint density at radius 3 is 1.52 bits per heavy atom. The van der Waals surface area contributed by atoms with Gasteiger partial charge in [0, 0.05) is 0 Å². The lowest BCUT2D eigenvalue weighted by Crippen LogP contribution is -2.27. The van der Waals surface area contributed by atoms with Gasteiger partial charge in [-0.25, -0.2) is 0 Å². The molecule has 23 heavy (non-hydrogen) atoms. The number of halogens is 2. The maximum Gasteiger partial charge on any atom is 0.207 e. The first kappa shape index (κ1) is 18.2. The molecule has 0 unspecified atom stereocenters. The zero-order valence-corrected chi connectivity index (χ0v) is 14.2. The van der Waals surface area contributed by atoms with Crippen LogP contribution in [0.25, 0.3) is 0 Å². The third-order valence-electron chi connectivity index (χ3n) is 3.13. The number of hydrogen-bond donors (Lipinski definition) is 0. The van der Waals surface area contributed by atoms with Gasteiger partial charge in [-0.2, -0.15) is 0 Å². The van der Waals surface area contributed by atoms with E-state index in [4.69, 9.17) is 37.4 Å². The third-order valence-corrected chi connectivity index (χ3v) is 3.33. The molecule has 2 rings (SSSR count). The minimum absolute atomic E-state index is 0.317. The molecule has 0 aliphatic heterocycles. The van der Waals surface area contributed by atoms with E-state index in [0.29, 0.717) is 26.4 Å². The molecule has 0 amide bonds. The van der Waals surface area contributed by atoms with E-state index in [1.807, 2.05) is 60.7 Å². The van der Waals surface area contributed by atoms with Crippen LogP contribution in [0.3, 0.4) is 0 Å². The van der Waals surface area contributed by atoms with Crippen LogP contribution in [0.1, 0.15) is 11.1 Å². The van der Waals surface area contributed by atoms with Crippen LogP contribution in [0, 0.1) is 0 Å². The van der Waals surface area contributed by atoms with Crippen LogP contribution in [0.15, 0.2) is 60.7 Å². The van der Waals surface area contributed by atoms with Gasteiger partial charge in [-0.3, -0.25) is 0 Å². The zero-order valence-electron chi connectivity index (χ0n) is 12.7. The molecule has 5 heteroatoms. The van der Waals surface area contributed by atoms with Crippen LogP contribution in [-0.4, -0.2) is 24.3 Å². The van der Waals surface area contributed by atoms with E-state index < -0.39 is 5.02 Å². The lowest BCUT2D eigenvalue weighted by Gasteiger charge is -2.19. The van der Waals surface area contributed by atoms with Crippen LogP contribution in [0.5, 0.6) is 0 Å². The van der Waals surface area contributed by atoms with E-state index >= 15 is 0 Å². The Bertz CT molecular complexity index is 489. The second-order valence-electron chi connectivity index (χ2n) is 5.02. The first-order chi connectivity index (χ1) is 11.2. The Kier molecular flexibility index (Phi) is 8.43. The van der Waals surface area contributed by atoms with Crippen LogP contribution in [0.2, 0.25) is 0 Å². The highest BCUT2D eigenvalue weighted by Crippen LogP contribution is 2.11. The lowest BCUT2D eigenvalue weighted by atomic mass is 10.2. The summed E-state index contributed by atoms with van der Waals surface area (Å²) in [6, 6.07) is 19.9. The van der Waals surface area contributed by atoms with Crippen molar-refractivity contribution in [2.24, 2.45) is 0 Å². The fraction of sp³-hybridized carbons (Fsp3) is 0.333. The molecule has 2 aromatic carbocycles. The van der Waals surface area contributed by atoms with Gasteiger partial charge in [-0.05, 0) is 11.1 Å². The number of benzene rings is 2. The molecule has 0 radical (unpaired) electrons. The molecule has 0 aliphatic carbocycles. The third kappa shape index (κ3) is 7.82. The van der Waals surface area contributed by atoms with E-state index in [0.717, 1.165) is 11.1 Å². The van der Waals surface area contributed by atoms with E-state index in [9.17, 15) is 0 Å². The molecule has 0 saturated carbocycles. The highest BCUT2D eigenvalue weighted by molar-refractivity contribution is 6.43. The topological polar surface area (TPSA) is 27.7 Å². The summed E-state index contributed by atoms with van der Waals surface area (Å²) in [6.07, 6.45) is -0.317. The molecule has 0 heterocycles. The molecule has 0 fully saturated rings. The predicted molar refractivity (Wildman–Crippen MR) is 92.6 cm³/mol. The molecule has 0 spiro atoms. The van der Waals surface area contributed by atoms with E-state index in [2.05, 4.69) is 0 Å². The minimum Gasteiger partial charge on any atom is -0.374 e. The van der Waals surface area contributed by atoms with Gasteiger partial charge >= 0.3 is 0 Å². The molecule has 2 aromatic rings. The molecular formula is C18H20Cl2O3. The first-order valence-corrected chi connectivity index (χ1v) is 8.28. The van der Waals surface area contributed by atoms with Crippen LogP contribution >= 0.6 is 23.2 Å². The summed E-state index contributed by atoms with van der Waals surface area (Å²) in [6.45, 7) is 1.74. The van der Waals surface area contributed by atoms with Crippen LogP contribution < -0.4 is 0 Å². The average molecular weight is 355 g/mol. The van der Waals surface area contributed by atoms with Crippen molar-refractivity contribution in [3.8, 4) is 0 Å². The summed E-state index contributed by atoms with van der Waals surface area (Å²) in [5.41, 5.74) is 2.20. The maximum atomic E-state index is 5.70. The van der Waals surface area contributed by atoms with Crippen molar-refractivity contribution in [3.63, 3.8) is 0 Å². The first-order valence-electron chi connectivity index (χ1n) is 7.41. The van der Waals surface area contributed by atoms with E-state index in [-0.39, 0.29) is 6.10 Å². The van der Waals surface area contributed by atoms with Crippen molar-refractivity contribution in [1.29, 1.82) is 0 Å². The standard InChI is InChI=1S/C18H20Cl2O3/c19-18(20)23-17(13-21-11-15-7-3-1-4-8-15)14-22-12-16-9-5-2-6-10-16/h1-10,17-18H,11-14H2. The summed E-state index contributed by atoms with van der Waals surface area (Å²) >= 11 is 11.4. The van der Waals surface area contributed by atoms with Crippen molar-refractivity contribution in [2.75, 3.05) is 13.2 Å². The quantitative estimate of drug-likeness (QED) is 0.585. The zero-order chi connectivity index (χ0) is 16.3. The van der Waals surface area contributed by atoms with E-state index in [1.54, 1.807) is 0 Å². The summed E-state index contributed by atoms with van der Waals surface area (Å²) in [5, 5.41) is -0.902. The highest BCUT2D eigenvalue weighted by atomic mass is 35.5. The molecule has 0 N–H and O–H groups in total. The molecule has 3 nitrogen and oxygen atoms in total. The van der Waals surface area contributed by atoms with Crippen molar-refractivity contribution in [3.05, 3.63) is 71.8 Å². The van der Waals surface area contributed by atoms with Crippen molar-refractivity contribution in [2.45, 2.75) is 24.3 Å². The minimum atomic E-state index is -0.902. The summed E-state index contributed by atoms with van der Waals surface area (Å²) < 4.78 is 16.7. The smallest absolute Gasteiger partial charge is 0.207 e. The number of hydrogen-bond acceptors (Lipinski definition) is 3. The monoisotopic (exact) mass is 354 g/mol. The summed E-state index contributed by atoms with van der Waals surface area (Å²) in [5.74, 6) is 0. The number of ether oxygens (including phenoxy) is 3. The molecule has 0 bridgehead atoms. The maximum absolute atomic E-state index is 5.70. The summed E-state index contributed by atoms with van der Waals surface area (Å²) in [4.78, 5) is 0. The Hall–Kier alpha value is -1.10. The average Bonchev–Trinajstić information content (AvgIpc) is 2.56. The molecule has 0 aromatic heterocycles. The van der Waals surface area contributed by atoms with Gasteiger partial charge in [-0.1, -0.05) is 83.9 Å². The highest BCUT2D eigenvalue weighted by Gasteiger charge is 2.14. The molecule has 0 atom stereocenters. The van der Waals surface area contributed by atoms with Gasteiger partial charge in [0.05, 0.1) is 26.4 Å². The fourth-order valence-electron chi connectivity index (χ4n) is 2.04. The van der Waals surface area contributed by atoms with Crippen molar-refractivity contribution in [1.82, 2.24) is 0 Å². The van der Waals surface area contributed by atoms with Crippen LogP contribution in [-0.2, 0) is 27.4 Å². The predicted octanol–water partition coefficient (Wildman–Crippen LogP) is 4.57. The van der Waals surface area contributed by atoms with E-state index in [1.165, 1.54) is 0 Å². The normalized spacial score (nSPS) is 11.3. The lowest BCUT2D eigenvalue weighted by molar-refractivity contribution is -0.0617. The number of rotatable bonds is 10. The fourth-order valence-corrected chi connectivity index (χ4v) is 2.33. The Morgan fingerprint density at radius 2 is 1.13 bits per heavy atom. The van der Waals surface area contributed by atoms with Crippen molar-refractivity contribution >= 4 is 23.2 Å². The molecule has 0 aliphatic rings. The van der Waals surface area contributed by atoms with Gasteiger partial charge in [0.25, 0.3) is 0 Å². The largest absolute Gasteiger partial charge is 0.374 e. The van der Waals surface area contributed by atoms with Gasteiger partial charge in [-0.15, -0.1) is 0 Å². The van der Waals surface area contributed by atoms with Gasteiger partial charge in [0.15, 0.2) is 0 Å². The second kappa shape index (κ2) is 10.6. The molecule has 124 valence electrons. The van der Waals surface area contributed by atoms with Crippen molar-refractivity contribution < 1.29 is 14.2 Å².